The number of imidazole rings is 1. The summed E-state index contributed by atoms with van der Waals surface area (Å²) in [6.07, 6.45) is 0.863. The van der Waals surface area contributed by atoms with Crippen molar-refractivity contribution in [2.24, 2.45) is 0 Å². The van der Waals surface area contributed by atoms with Crippen LogP contribution in [0.1, 0.15) is 19.8 Å². The number of non-ortho nitro benzene ring substituents is 1. The summed E-state index contributed by atoms with van der Waals surface area (Å²) in [5.41, 5.74) is -0.394. The predicted molar refractivity (Wildman–Crippen MR) is 85.6 cm³/mol. The van der Waals surface area contributed by atoms with E-state index in [-0.39, 0.29) is 28.9 Å². The molecule has 1 aromatic carbocycles. The normalized spacial score (nSPS) is 11.5. The summed E-state index contributed by atoms with van der Waals surface area (Å²) in [5.74, 6) is -0.637. The first-order valence-electron chi connectivity index (χ1n) is 6.99. The van der Waals surface area contributed by atoms with Gasteiger partial charge in [-0.25, -0.2) is 18.1 Å². The molecule has 0 fully saturated rings. The van der Waals surface area contributed by atoms with Gasteiger partial charge in [-0.15, -0.1) is 0 Å². The highest BCUT2D eigenvalue weighted by molar-refractivity contribution is 7.89. The zero-order valence-corrected chi connectivity index (χ0v) is 13.5. The number of nitrogens with zero attached hydrogens (tertiary/aromatic N) is 2. The van der Waals surface area contributed by atoms with Gasteiger partial charge < -0.3 is 10.4 Å². The molecule has 3 N–H and O–H groups in total. The lowest BCUT2D eigenvalue weighted by atomic mass is 10.1. The first-order chi connectivity index (χ1) is 11.3. The number of carbonyl (C=O) groups is 1. The second-order valence-electron chi connectivity index (χ2n) is 4.95. The predicted octanol–water partition coefficient (Wildman–Crippen LogP) is 1.14. The number of para-hydroxylation sites is 1. The highest BCUT2D eigenvalue weighted by Crippen LogP contribution is 2.24. The number of H-pyrrole nitrogens is 1. The molecule has 128 valence electrons. The Morgan fingerprint density at radius 2 is 2.17 bits per heavy atom. The molecule has 0 unspecified atom stereocenters. The van der Waals surface area contributed by atoms with E-state index in [9.17, 15) is 23.3 Å². The lowest BCUT2D eigenvalue weighted by molar-refractivity contribution is -0.383. The fraction of sp³-hybridized carbons (Fsp3) is 0.308. The van der Waals surface area contributed by atoms with Crippen LogP contribution in [-0.4, -0.2) is 41.3 Å². The Kier molecular flexibility index (Phi) is 5.04. The molecule has 0 saturated carbocycles. The molecule has 0 radical (unpaired) electrons. The van der Waals surface area contributed by atoms with Crippen molar-refractivity contribution in [1.82, 2.24) is 14.7 Å². The van der Waals surface area contributed by atoms with E-state index in [4.69, 9.17) is 5.41 Å². The average Bonchev–Trinajstić information content (AvgIpc) is 2.97. The third-order valence-corrected chi connectivity index (χ3v) is 4.41. The number of aromatic amines is 1. The zero-order valence-electron chi connectivity index (χ0n) is 12.7. The Bertz CT molecular complexity index is 918. The van der Waals surface area contributed by atoms with Gasteiger partial charge in [-0.05, 0) is 12.5 Å². The van der Waals surface area contributed by atoms with Crippen LogP contribution in [0, 0.1) is 15.5 Å². The summed E-state index contributed by atoms with van der Waals surface area (Å²) in [5, 5.41) is 17.9. The van der Waals surface area contributed by atoms with Crippen molar-refractivity contribution >= 4 is 38.2 Å². The molecule has 0 atom stereocenters. The lowest BCUT2D eigenvalue weighted by Crippen LogP contribution is -2.33. The fourth-order valence-corrected chi connectivity index (χ4v) is 2.91. The van der Waals surface area contributed by atoms with Gasteiger partial charge >= 0.3 is 0 Å². The van der Waals surface area contributed by atoms with Crippen LogP contribution < -0.4 is 4.72 Å². The lowest BCUT2D eigenvalue weighted by Gasteiger charge is -2.04. The van der Waals surface area contributed by atoms with Crippen LogP contribution in [0.15, 0.2) is 23.4 Å². The molecule has 24 heavy (non-hydrogen) atoms. The number of benzene rings is 1. The Morgan fingerprint density at radius 3 is 2.79 bits per heavy atom. The largest absolute Gasteiger partial charge is 0.327 e. The van der Waals surface area contributed by atoms with Crippen molar-refractivity contribution in [3.63, 3.8) is 0 Å². The number of fused-ring (bicyclic) bond motifs is 1. The fourth-order valence-electron chi connectivity index (χ4n) is 1.99. The minimum atomic E-state index is -4.16. The monoisotopic (exact) mass is 353 g/mol. The zero-order chi connectivity index (χ0) is 17.9. The molecule has 1 aromatic heterocycles. The van der Waals surface area contributed by atoms with E-state index in [0.29, 0.717) is 6.42 Å². The van der Waals surface area contributed by atoms with E-state index in [1.807, 2.05) is 4.72 Å². The van der Waals surface area contributed by atoms with Gasteiger partial charge in [0.1, 0.15) is 0 Å². The number of hydrogen-bond donors (Lipinski definition) is 3. The van der Waals surface area contributed by atoms with E-state index in [0.717, 1.165) is 0 Å². The minimum absolute atomic E-state index is 0.0899. The number of sulfonamides is 1. The quantitative estimate of drug-likeness (QED) is 0.366. The van der Waals surface area contributed by atoms with Crippen LogP contribution in [0.4, 0.5) is 5.69 Å². The van der Waals surface area contributed by atoms with E-state index in [2.05, 4.69) is 9.97 Å². The first-order valence-corrected chi connectivity index (χ1v) is 8.48. The highest BCUT2D eigenvalue weighted by atomic mass is 32.2. The summed E-state index contributed by atoms with van der Waals surface area (Å²) in [7, 11) is -4.16. The maximum atomic E-state index is 12.2. The number of hydrogen-bond acceptors (Lipinski definition) is 7. The first kappa shape index (κ1) is 17.7. The van der Waals surface area contributed by atoms with E-state index >= 15 is 0 Å². The van der Waals surface area contributed by atoms with E-state index < -0.39 is 32.4 Å². The number of nitro benzene ring substituents is 1. The SMILES string of the molecule is CCCC(=N)C(=O)CNS(=O)(=O)c1nc2c([N+](=O)[O-])cccc2[nH]1. The number of nitro groups is 1. The van der Waals surface area contributed by atoms with Gasteiger partial charge in [0, 0.05) is 6.07 Å². The molecule has 0 amide bonds. The molecule has 0 spiro atoms. The number of carbonyl (C=O) groups excluding carboxylic acids is 1. The summed E-state index contributed by atoms with van der Waals surface area (Å²) in [4.78, 5) is 28.2. The second-order valence-corrected chi connectivity index (χ2v) is 6.63. The van der Waals surface area contributed by atoms with Crippen LogP contribution >= 0.6 is 0 Å². The van der Waals surface area contributed by atoms with Crippen molar-refractivity contribution in [3.05, 3.63) is 28.3 Å². The molecule has 0 aliphatic carbocycles. The molecular formula is C13H15N5O5S. The Hall–Kier alpha value is -2.66. The van der Waals surface area contributed by atoms with Crippen LogP contribution in [0.3, 0.4) is 0 Å². The van der Waals surface area contributed by atoms with Gasteiger partial charge in [-0.1, -0.05) is 19.4 Å². The standard InChI is InChI=1S/C13H15N5O5S/c1-2-4-8(14)11(19)7-15-24(22,23)13-16-9-5-3-6-10(18(20)21)12(9)17-13/h3,5-6,14-15H,2,4,7H2,1H3,(H,16,17). The van der Waals surface area contributed by atoms with Crippen molar-refractivity contribution in [3.8, 4) is 0 Å². The molecular weight excluding hydrogens is 338 g/mol. The molecule has 0 aliphatic heterocycles. The van der Waals surface area contributed by atoms with E-state index in [1.165, 1.54) is 18.2 Å². The molecule has 2 aromatic rings. The average molecular weight is 353 g/mol. The molecule has 0 saturated heterocycles. The van der Waals surface area contributed by atoms with Crippen molar-refractivity contribution in [2.75, 3.05) is 6.54 Å². The van der Waals surface area contributed by atoms with Crippen LogP contribution in [0.2, 0.25) is 0 Å². The van der Waals surface area contributed by atoms with Crippen LogP contribution in [0.25, 0.3) is 11.0 Å². The maximum Gasteiger partial charge on any atom is 0.297 e. The molecule has 11 heteroatoms. The van der Waals surface area contributed by atoms with Crippen LogP contribution in [0.5, 0.6) is 0 Å². The van der Waals surface area contributed by atoms with Gasteiger partial charge in [0.25, 0.3) is 15.7 Å². The van der Waals surface area contributed by atoms with E-state index in [1.54, 1.807) is 6.92 Å². The summed E-state index contributed by atoms with van der Waals surface area (Å²) >= 11 is 0. The number of Topliss-reactive ketones (excluding diaryl/α,β-unsaturated/α-hetero) is 1. The third kappa shape index (κ3) is 3.63. The number of rotatable bonds is 8. The summed E-state index contributed by atoms with van der Waals surface area (Å²) in [6.45, 7) is 1.23. The Labute approximate surface area is 137 Å². The van der Waals surface area contributed by atoms with Crippen molar-refractivity contribution in [2.45, 2.75) is 24.9 Å². The summed E-state index contributed by atoms with van der Waals surface area (Å²) in [6, 6.07) is 4.07. The molecule has 10 nitrogen and oxygen atoms in total. The topological polar surface area (TPSA) is 159 Å². The van der Waals surface area contributed by atoms with Gasteiger partial charge in [0.2, 0.25) is 5.16 Å². The molecule has 0 bridgehead atoms. The molecule has 0 aliphatic rings. The highest BCUT2D eigenvalue weighted by Gasteiger charge is 2.24. The summed E-state index contributed by atoms with van der Waals surface area (Å²) < 4.78 is 26.4. The van der Waals surface area contributed by atoms with Gasteiger partial charge in [0.15, 0.2) is 11.3 Å². The van der Waals surface area contributed by atoms with Gasteiger partial charge in [0.05, 0.1) is 22.7 Å². The van der Waals surface area contributed by atoms with Gasteiger partial charge in [-0.3, -0.25) is 14.9 Å². The maximum absolute atomic E-state index is 12.2. The van der Waals surface area contributed by atoms with Crippen LogP contribution in [-0.2, 0) is 14.8 Å². The van der Waals surface area contributed by atoms with Gasteiger partial charge in [-0.2, -0.15) is 0 Å². The molecule has 2 rings (SSSR count). The minimum Gasteiger partial charge on any atom is -0.327 e. The Balaban J connectivity index is 2.25. The second kappa shape index (κ2) is 6.84. The smallest absolute Gasteiger partial charge is 0.297 e. The van der Waals surface area contributed by atoms with Crippen molar-refractivity contribution < 1.29 is 18.1 Å². The van der Waals surface area contributed by atoms with Crippen molar-refractivity contribution in [1.29, 1.82) is 5.41 Å². The number of aromatic nitrogens is 2. The number of nitrogens with one attached hydrogen (secondary N) is 3. The number of ketones is 1. The Morgan fingerprint density at radius 1 is 1.46 bits per heavy atom. The third-order valence-electron chi connectivity index (χ3n) is 3.18. The molecule has 1 heterocycles.